The van der Waals surface area contributed by atoms with E-state index >= 15 is 0 Å². The maximum Gasteiger partial charge on any atom is 0.191 e. The van der Waals surface area contributed by atoms with E-state index in [0.717, 1.165) is 45.2 Å². The van der Waals surface area contributed by atoms with E-state index in [9.17, 15) is 0 Å². The van der Waals surface area contributed by atoms with E-state index in [2.05, 4.69) is 62.1 Å². The average molecular weight is 442 g/mol. The van der Waals surface area contributed by atoms with Crippen LogP contribution >= 0.6 is 24.0 Å². The van der Waals surface area contributed by atoms with Crippen molar-refractivity contribution in [3.63, 3.8) is 0 Å². The minimum Gasteiger partial charge on any atom is -0.381 e. The van der Waals surface area contributed by atoms with Gasteiger partial charge in [-0.1, -0.05) is 13.8 Å². The first-order chi connectivity index (χ1) is 10.4. The Balaban J connectivity index is 0. The number of hydrogen-bond donors (Lipinski definition) is 2. The fourth-order valence-electron chi connectivity index (χ4n) is 2.34. The van der Waals surface area contributed by atoms with Crippen LogP contribution in [0.2, 0.25) is 0 Å². The number of nitrogens with zero attached hydrogens (tertiary/aromatic N) is 2. The van der Waals surface area contributed by atoms with Gasteiger partial charge < -0.3 is 15.4 Å². The summed E-state index contributed by atoms with van der Waals surface area (Å²) in [6.07, 6.45) is 0.998. The monoisotopic (exact) mass is 442 g/mol. The number of guanidine groups is 1. The standard InChI is InChI=1S/C17H38N4O.HI/c1-14(2)13-22-12-8-9-19-17(18-7)20-10-11-21(15(3)4)16(5)6;/h14-16H,8-13H2,1-7H3,(H2,18,19,20);1H. The molecule has 5 nitrogen and oxygen atoms in total. The molecule has 0 aromatic heterocycles. The molecule has 0 saturated carbocycles. The molecule has 0 aliphatic heterocycles. The number of aliphatic imine (C=N–C) groups is 1. The van der Waals surface area contributed by atoms with E-state index < -0.39 is 0 Å². The van der Waals surface area contributed by atoms with Gasteiger partial charge in [-0.2, -0.15) is 0 Å². The number of nitrogens with one attached hydrogen (secondary N) is 2. The first kappa shape index (κ1) is 25.2. The molecule has 140 valence electrons. The van der Waals surface area contributed by atoms with E-state index in [1.54, 1.807) is 0 Å². The SMILES string of the molecule is CN=C(NCCCOCC(C)C)NCCN(C(C)C)C(C)C.I. The third kappa shape index (κ3) is 14.0. The van der Waals surface area contributed by atoms with Gasteiger partial charge in [0.2, 0.25) is 0 Å². The maximum atomic E-state index is 5.57. The summed E-state index contributed by atoms with van der Waals surface area (Å²) in [6.45, 7) is 17.7. The molecule has 0 amide bonds. The Hall–Kier alpha value is -0.0800. The Morgan fingerprint density at radius 1 is 1.00 bits per heavy atom. The van der Waals surface area contributed by atoms with Crippen LogP contribution in [0.1, 0.15) is 48.0 Å². The van der Waals surface area contributed by atoms with Gasteiger partial charge in [0, 0.05) is 52.0 Å². The van der Waals surface area contributed by atoms with Gasteiger partial charge in [0.25, 0.3) is 0 Å². The number of halogens is 1. The molecular weight excluding hydrogens is 403 g/mol. The normalized spacial score (nSPS) is 12.2. The van der Waals surface area contributed by atoms with Crippen LogP contribution in [0.15, 0.2) is 4.99 Å². The van der Waals surface area contributed by atoms with Crippen LogP contribution in [0.25, 0.3) is 0 Å². The van der Waals surface area contributed by atoms with Crippen LogP contribution in [0.4, 0.5) is 0 Å². The maximum absolute atomic E-state index is 5.57. The van der Waals surface area contributed by atoms with Gasteiger partial charge in [-0.05, 0) is 40.0 Å². The Labute approximate surface area is 161 Å². The van der Waals surface area contributed by atoms with E-state index in [1.807, 2.05) is 7.05 Å². The van der Waals surface area contributed by atoms with Crippen LogP contribution in [-0.2, 0) is 4.74 Å². The highest BCUT2D eigenvalue weighted by Gasteiger charge is 2.12. The summed E-state index contributed by atoms with van der Waals surface area (Å²) in [6, 6.07) is 1.13. The summed E-state index contributed by atoms with van der Waals surface area (Å²) < 4.78 is 5.57. The van der Waals surface area contributed by atoms with Gasteiger partial charge in [0.15, 0.2) is 5.96 Å². The third-order valence-corrected chi connectivity index (χ3v) is 3.42. The van der Waals surface area contributed by atoms with Gasteiger partial charge in [-0.15, -0.1) is 24.0 Å². The minimum atomic E-state index is 0. The smallest absolute Gasteiger partial charge is 0.191 e. The number of ether oxygens (including phenoxy) is 1. The molecule has 0 fully saturated rings. The Morgan fingerprint density at radius 2 is 1.57 bits per heavy atom. The summed E-state index contributed by atoms with van der Waals surface area (Å²) in [5.41, 5.74) is 0. The molecule has 0 aliphatic carbocycles. The zero-order valence-electron chi connectivity index (χ0n) is 16.2. The lowest BCUT2D eigenvalue weighted by atomic mass is 10.2. The van der Waals surface area contributed by atoms with E-state index in [1.165, 1.54) is 0 Å². The van der Waals surface area contributed by atoms with Crippen molar-refractivity contribution in [1.82, 2.24) is 15.5 Å². The van der Waals surface area contributed by atoms with E-state index in [-0.39, 0.29) is 24.0 Å². The molecule has 6 heteroatoms. The molecule has 0 atom stereocenters. The van der Waals surface area contributed by atoms with Gasteiger partial charge in [0.1, 0.15) is 0 Å². The topological polar surface area (TPSA) is 48.9 Å². The lowest BCUT2D eigenvalue weighted by molar-refractivity contribution is 0.108. The second-order valence-electron chi connectivity index (χ2n) is 6.67. The molecule has 0 unspecified atom stereocenters. The minimum absolute atomic E-state index is 0. The molecule has 0 saturated heterocycles. The second kappa shape index (κ2) is 15.4. The first-order valence-corrected chi connectivity index (χ1v) is 8.66. The van der Waals surface area contributed by atoms with Gasteiger partial charge in [-0.25, -0.2) is 0 Å². The molecule has 0 aliphatic rings. The predicted molar refractivity (Wildman–Crippen MR) is 112 cm³/mol. The highest BCUT2D eigenvalue weighted by Crippen LogP contribution is 2.03. The molecule has 0 heterocycles. The van der Waals surface area contributed by atoms with Gasteiger partial charge in [0.05, 0.1) is 0 Å². The molecule has 0 radical (unpaired) electrons. The molecule has 0 aromatic carbocycles. The fraction of sp³-hybridized carbons (Fsp3) is 0.941. The summed E-state index contributed by atoms with van der Waals surface area (Å²) >= 11 is 0. The van der Waals surface area contributed by atoms with Crippen LogP contribution in [-0.4, -0.2) is 62.8 Å². The highest BCUT2D eigenvalue weighted by atomic mass is 127. The van der Waals surface area contributed by atoms with Crippen LogP contribution in [0.3, 0.4) is 0 Å². The fourth-order valence-corrected chi connectivity index (χ4v) is 2.34. The van der Waals surface area contributed by atoms with Crippen molar-refractivity contribution in [2.24, 2.45) is 10.9 Å². The summed E-state index contributed by atoms with van der Waals surface area (Å²) in [5, 5.41) is 6.71. The van der Waals surface area contributed by atoms with Crippen molar-refractivity contribution < 1.29 is 4.74 Å². The van der Waals surface area contributed by atoms with Crippen LogP contribution < -0.4 is 10.6 Å². The lowest BCUT2D eigenvalue weighted by Gasteiger charge is -2.30. The Morgan fingerprint density at radius 3 is 2.04 bits per heavy atom. The molecular formula is C17H39IN4O. The average Bonchev–Trinajstić information content (AvgIpc) is 2.43. The second-order valence-corrected chi connectivity index (χ2v) is 6.67. The van der Waals surface area contributed by atoms with Crippen molar-refractivity contribution in [2.75, 3.05) is 39.9 Å². The molecule has 23 heavy (non-hydrogen) atoms. The van der Waals surface area contributed by atoms with E-state index in [4.69, 9.17) is 4.74 Å². The third-order valence-electron chi connectivity index (χ3n) is 3.42. The summed E-state index contributed by atoms with van der Waals surface area (Å²) in [5.74, 6) is 1.48. The van der Waals surface area contributed by atoms with Gasteiger partial charge in [-0.3, -0.25) is 9.89 Å². The highest BCUT2D eigenvalue weighted by molar-refractivity contribution is 14.0. The van der Waals surface area contributed by atoms with Crippen molar-refractivity contribution in [3.8, 4) is 0 Å². The largest absolute Gasteiger partial charge is 0.381 e. The molecule has 0 rings (SSSR count). The predicted octanol–water partition coefficient (Wildman–Crippen LogP) is 2.95. The quantitative estimate of drug-likeness (QED) is 0.224. The van der Waals surface area contributed by atoms with Crippen molar-refractivity contribution in [1.29, 1.82) is 0 Å². The Bertz CT molecular complexity index is 288. The zero-order chi connectivity index (χ0) is 17.0. The van der Waals surface area contributed by atoms with Crippen LogP contribution in [0, 0.1) is 5.92 Å². The number of hydrogen-bond acceptors (Lipinski definition) is 3. The first-order valence-electron chi connectivity index (χ1n) is 8.66. The van der Waals surface area contributed by atoms with E-state index in [0.29, 0.717) is 18.0 Å². The summed E-state index contributed by atoms with van der Waals surface area (Å²) in [4.78, 5) is 6.73. The molecule has 2 N–H and O–H groups in total. The van der Waals surface area contributed by atoms with Crippen molar-refractivity contribution in [3.05, 3.63) is 0 Å². The lowest BCUT2D eigenvalue weighted by Crippen LogP contribution is -2.45. The van der Waals surface area contributed by atoms with Crippen LogP contribution in [0.5, 0.6) is 0 Å². The van der Waals surface area contributed by atoms with Gasteiger partial charge >= 0.3 is 0 Å². The molecule has 0 spiro atoms. The zero-order valence-corrected chi connectivity index (χ0v) is 18.5. The Kier molecular flexibility index (Phi) is 16.9. The van der Waals surface area contributed by atoms with Crippen molar-refractivity contribution in [2.45, 2.75) is 60.0 Å². The molecule has 0 bridgehead atoms. The molecule has 0 aromatic rings. The summed E-state index contributed by atoms with van der Waals surface area (Å²) in [7, 11) is 1.81. The van der Waals surface area contributed by atoms with Crippen molar-refractivity contribution >= 4 is 29.9 Å². The number of rotatable bonds is 11.